The molecule has 114 valence electrons. The lowest BCUT2D eigenvalue weighted by Gasteiger charge is -2.33. The fraction of sp³-hybridized carbons (Fsp3) is 0.467. The van der Waals surface area contributed by atoms with Gasteiger partial charge in [-0.3, -0.25) is 4.90 Å². The number of aryl methyl sites for hydroxylation is 1. The van der Waals surface area contributed by atoms with Crippen LogP contribution in [0.5, 0.6) is 0 Å². The highest BCUT2D eigenvalue weighted by atomic mass is 32.2. The summed E-state index contributed by atoms with van der Waals surface area (Å²) in [4.78, 5) is 2.40. The Hall–Kier alpha value is -1.55. The Labute approximate surface area is 126 Å². The van der Waals surface area contributed by atoms with Crippen LogP contribution in [0, 0.1) is 12.3 Å². The Morgan fingerprint density at radius 3 is 2.52 bits per heavy atom. The minimum Gasteiger partial charge on any atom is -0.399 e. The summed E-state index contributed by atoms with van der Waals surface area (Å²) in [6.45, 7) is 4.74. The summed E-state index contributed by atoms with van der Waals surface area (Å²) >= 11 is 0. The van der Waals surface area contributed by atoms with Crippen molar-refractivity contribution >= 4 is 15.7 Å². The predicted molar refractivity (Wildman–Crippen MR) is 84.3 cm³/mol. The van der Waals surface area contributed by atoms with E-state index in [9.17, 15) is 8.42 Å². The number of rotatable bonds is 4. The molecule has 5 nitrogen and oxygen atoms in total. The van der Waals surface area contributed by atoms with Crippen LogP contribution in [-0.2, 0) is 16.4 Å². The van der Waals surface area contributed by atoms with Crippen molar-refractivity contribution in [2.45, 2.75) is 18.2 Å². The van der Waals surface area contributed by atoms with Gasteiger partial charge in [-0.25, -0.2) is 8.42 Å². The third kappa shape index (κ3) is 3.38. The van der Waals surface area contributed by atoms with Crippen molar-refractivity contribution in [1.82, 2.24) is 9.21 Å². The average Bonchev–Trinajstić information content (AvgIpc) is 2.48. The summed E-state index contributed by atoms with van der Waals surface area (Å²) < 4.78 is 27.1. The standard InChI is InChI=1S/C15H21N3O2S/c1-3-7-17-8-10-18(11-9-17)21(19,20)15-12-14(16)6-5-13(15)4-2/h1,5-6,12H,4,7-11,16H2,2H3. The first kappa shape index (κ1) is 15.8. The molecule has 1 aliphatic heterocycles. The van der Waals surface area contributed by atoms with Crippen molar-refractivity contribution < 1.29 is 8.42 Å². The van der Waals surface area contributed by atoms with Crippen LogP contribution in [0.15, 0.2) is 23.1 Å². The molecule has 1 saturated heterocycles. The molecule has 0 aromatic heterocycles. The molecule has 1 heterocycles. The predicted octanol–water partition coefficient (Wildman–Crippen LogP) is 0.771. The molecule has 0 aliphatic carbocycles. The Morgan fingerprint density at radius 1 is 1.29 bits per heavy atom. The summed E-state index contributed by atoms with van der Waals surface area (Å²) in [5.41, 5.74) is 7.03. The van der Waals surface area contributed by atoms with Gasteiger partial charge < -0.3 is 5.73 Å². The fourth-order valence-corrected chi connectivity index (χ4v) is 4.25. The lowest BCUT2D eigenvalue weighted by atomic mass is 10.1. The van der Waals surface area contributed by atoms with Gasteiger partial charge in [0.2, 0.25) is 10.0 Å². The van der Waals surface area contributed by atoms with Crippen molar-refractivity contribution in [3.63, 3.8) is 0 Å². The zero-order valence-corrected chi connectivity index (χ0v) is 13.1. The van der Waals surface area contributed by atoms with Gasteiger partial charge in [-0.1, -0.05) is 18.9 Å². The maximum atomic E-state index is 12.8. The highest BCUT2D eigenvalue weighted by Gasteiger charge is 2.29. The number of hydrogen-bond donors (Lipinski definition) is 1. The summed E-state index contributed by atoms with van der Waals surface area (Å²) in [6.07, 6.45) is 5.95. The van der Waals surface area contributed by atoms with Crippen LogP contribution >= 0.6 is 0 Å². The van der Waals surface area contributed by atoms with E-state index >= 15 is 0 Å². The number of terminal acetylenes is 1. The highest BCUT2D eigenvalue weighted by molar-refractivity contribution is 7.89. The first-order valence-corrected chi connectivity index (χ1v) is 8.47. The van der Waals surface area contributed by atoms with Crippen molar-refractivity contribution in [2.75, 3.05) is 38.5 Å². The second-order valence-corrected chi connectivity index (χ2v) is 7.01. The van der Waals surface area contributed by atoms with Crippen LogP contribution in [-0.4, -0.2) is 50.3 Å². The third-order valence-corrected chi connectivity index (χ3v) is 5.72. The highest BCUT2D eigenvalue weighted by Crippen LogP contribution is 2.24. The molecule has 21 heavy (non-hydrogen) atoms. The molecule has 0 bridgehead atoms. The topological polar surface area (TPSA) is 66.6 Å². The molecule has 1 aliphatic rings. The van der Waals surface area contributed by atoms with Crippen molar-refractivity contribution in [3.8, 4) is 12.3 Å². The van der Waals surface area contributed by atoms with Gasteiger partial charge >= 0.3 is 0 Å². The molecule has 0 spiro atoms. The van der Waals surface area contributed by atoms with Crippen LogP contribution in [0.3, 0.4) is 0 Å². The number of benzene rings is 1. The maximum Gasteiger partial charge on any atom is 0.243 e. The maximum absolute atomic E-state index is 12.8. The van der Waals surface area contributed by atoms with E-state index < -0.39 is 10.0 Å². The molecule has 0 unspecified atom stereocenters. The van der Waals surface area contributed by atoms with E-state index in [2.05, 4.69) is 10.8 Å². The first-order chi connectivity index (χ1) is 9.98. The molecular formula is C15H21N3O2S. The van der Waals surface area contributed by atoms with Crippen molar-refractivity contribution in [3.05, 3.63) is 23.8 Å². The minimum atomic E-state index is -3.49. The molecule has 0 atom stereocenters. The van der Waals surface area contributed by atoms with Crippen LogP contribution in [0.1, 0.15) is 12.5 Å². The number of hydrogen-bond acceptors (Lipinski definition) is 4. The molecule has 2 N–H and O–H groups in total. The van der Waals surface area contributed by atoms with Crippen LogP contribution < -0.4 is 5.73 Å². The number of piperazine rings is 1. The third-order valence-electron chi connectivity index (χ3n) is 3.74. The van der Waals surface area contributed by atoms with Crippen molar-refractivity contribution in [1.29, 1.82) is 0 Å². The van der Waals surface area contributed by atoms with Crippen LogP contribution in [0.25, 0.3) is 0 Å². The van der Waals surface area contributed by atoms with Gasteiger partial charge in [-0.05, 0) is 24.1 Å². The van der Waals surface area contributed by atoms with Gasteiger partial charge in [0.1, 0.15) is 0 Å². The number of sulfonamides is 1. The zero-order valence-electron chi connectivity index (χ0n) is 12.2. The van der Waals surface area contributed by atoms with E-state index in [0.717, 1.165) is 5.56 Å². The average molecular weight is 307 g/mol. The molecule has 0 saturated carbocycles. The lowest BCUT2D eigenvalue weighted by molar-refractivity contribution is 0.207. The van der Waals surface area contributed by atoms with Gasteiger partial charge in [0.05, 0.1) is 11.4 Å². The van der Waals surface area contributed by atoms with E-state index in [1.807, 2.05) is 6.92 Å². The monoisotopic (exact) mass is 307 g/mol. The number of nitrogen functional groups attached to an aromatic ring is 1. The minimum absolute atomic E-state index is 0.329. The van der Waals surface area contributed by atoms with Gasteiger partial charge in [0, 0.05) is 31.9 Å². The normalized spacial score (nSPS) is 17.5. The van der Waals surface area contributed by atoms with Gasteiger partial charge in [0.15, 0.2) is 0 Å². The second-order valence-electron chi connectivity index (χ2n) is 5.11. The molecule has 0 radical (unpaired) electrons. The van der Waals surface area contributed by atoms with Crippen molar-refractivity contribution in [2.24, 2.45) is 0 Å². The largest absolute Gasteiger partial charge is 0.399 e. The quantitative estimate of drug-likeness (QED) is 0.659. The Kier molecular flexibility index (Phi) is 4.88. The van der Waals surface area contributed by atoms with Gasteiger partial charge in [-0.2, -0.15) is 4.31 Å². The number of nitrogens with two attached hydrogens (primary N) is 1. The van der Waals surface area contributed by atoms with Crippen LogP contribution in [0.2, 0.25) is 0 Å². The second kappa shape index (κ2) is 6.48. The summed E-state index contributed by atoms with van der Waals surface area (Å²) in [7, 11) is -3.49. The number of nitrogens with zero attached hydrogens (tertiary/aromatic N) is 2. The van der Waals surface area contributed by atoms with E-state index in [4.69, 9.17) is 12.2 Å². The zero-order chi connectivity index (χ0) is 15.5. The smallest absolute Gasteiger partial charge is 0.243 e. The molecule has 6 heteroatoms. The Balaban J connectivity index is 2.24. The molecule has 1 aromatic carbocycles. The lowest BCUT2D eigenvalue weighted by Crippen LogP contribution is -2.48. The van der Waals surface area contributed by atoms with E-state index in [0.29, 0.717) is 49.7 Å². The first-order valence-electron chi connectivity index (χ1n) is 7.03. The summed E-state index contributed by atoms with van der Waals surface area (Å²) in [5.74, 6) is 2.59. The number of anilines is 1. The summed E-state index contributed by atoms with van der Waals surface area (Å²) in [5, 5.41) is 0. The molecule has 1 aromatic rings. The molecule has 0 amide bonds. The Bertz CT molecular complexity index is 641. The van der Waals surface area contributed by atoms with Crippen LogP contribution in [0.4, 0.5) is 5.69 Å². The van der Waals surface area contributed by atoms with Gasteiger partial charge in [-0.15, -0.1) is 6.42 Å². The van der Waals surface area contributed by atoms with E-state index in [1.54, 1.807) is 18.2 Å². The Morgan fingerprint density at radius 2 is 1.95 bits per heavy atom. The van der Waals surface area contributed by atoms with E-state index in [1.165, 1.54) is 4.31 Å². The fourth-order valence-electron chi connectivity index (χ4n) is 2.50. The molecular weight excluding hydrogens is 286 g/mol. The van der Waals surface area contributed by atoms with E-state index in [-0.39, 0.29) is 0 Å². The molecule has 2 rings (SSSR count). The summed E-state index contributed by atoms with van der Waals surface area (Å²) in [6, 6.07) is 5.08. The SMILES string of the molecule is C#CCN1CCN(S(=O)(=O)c2cc(N)ccc2CC)CC1. The molecule has 1 fully saturated rings. The van der Waals surface area contributed by atoms with Gasteiger partial charge in [0.25, 0.3) is 0 Å².